The molecule has 0 radical (unpaired) electrons. The second kappa shape index (κ2) is 61.5. The molecule has 8 unspecified atom stereocenters. The van der Waals surface area contributed by atoms with Gasteiger partial charge in [0, 0.05) is 6.42 Å². The van der Waals surface area contributed by atoms with Crippen LogP contribution in [0.15, 0.2) is 158 Å². The highest BCUT2D eigenvalue weighted by Gasteiger charge is 2.47. The first kappa shape index (κ1) is 80.3. The summed E-state index contributed by atoms with van der Waals surface area (Å²) >= 11 is 0. The highest BCUT2D eigenvalue weighted by Crippen LogP contribution is 2.26. The first-order valence-corrected chi connectivity index (χ1v) is 34.3. The highest BCUT2D eigenvalue weighted by molar-refractivity contribution is 5.80. The Morgan fingerprint density at radius 2 is 0.828 bits per heavy atom. The number of hydrogen-bond donors (Lipinski definition) is 6. The molecule has 6 N–H and O–H groups in total. The zero-order valence-electron chi connectivity index (χ0n) is 54.6. The zero-order chi connectivity index (χ0) is 63.1. The summed E-state index contributed by atoms with van der Waals surface area (Å²) in [5.41, 5.74) is 0. The van der Waals surface area contributed by atoms with E-state index < -0.39 is 67.4 Å². The van der Waals surface area contributed by atoms with Crippen LogP contribution in [0.3, 0.4) is 0 Å². The Bertz CT molecular complexity index is 2020. The molecule has 1 aliphatic heterocycles. The summed E-state index contributed by atoms with van der Waals surface area (Å²) in [5, 5.41) is 57.1. The molecule has 0 aliphatic carbocycles. The number of allylic oxidation sites excluding steroid dienone is 25. The van der Waals surface area contributed by atoms with Crippen LogP contribution in [-0.4, -0.2) is 99.6 Å². The fourth-order valence-corrected chi connectivity index (χ4v) is 9.60. The van der Waals surface area contributed by atoms with Crippen molar-refractivity contribution >= 4 is 11.9 Å². The lowest BCUT2D eigenvalue weighted by atomic mass is 9.99. The number of aliphatic hydroxyl groups excluding tert-OH is 5. The number of unbranched alkanes of at least 4 members (excludes halogenated alkanes) is 18. The molecule has 1 aliphatic rings. The van der Waals surface area contributed by atoms with Crippen molar-refractivity contribution in [3.63, 3.8) is 0 Å². The van der Waals surface area contributed by atoms with Crippen LogP contribution in [0.5, 0.6) is 0 Å². The lowest BCUT2D eigenvalue weighted by Crippen LogP contribution is -2.61. The van der Waals surface area contributed by atoms with E-state index in [4.69, 9.17) is 14.2 Å². The molecule has 11 nitrogen and oxygen atoms in total. The number of carbonyl (C=O) groups is 2. The quantitative estimate of drug-likeness (QED) is 0.0195. The first-order chi connectivity index (χ1) is 42.7. The predicted octanol–water partition coefficient (Wildman–Crippen LogP) is 17.5. The van der Waals surface area contributed by atoms with Crippen molar-refractivity contribution in [3.8, 4) is 0 Å². The van der Waals surface area contributed by atoms with Gasteiger partial charge in [0.15, 0.2) is 12.4 Å². The Morgan fingerprint density at radius 1 is 0.460 bits per heavy atom. The summed E-state index contributed by atoms with van der Waals surface area (Å²) < 4.78 is 17.6. The zero-order valence-corrected chi connectivity index (χ0v) is 54.6. The van der Waals surface area contributed by atoms with Gasteiger partial charge >= 0.3 is 5.97 Å². The maximum Gasteiger partial charge on any atom is 0.306 e. The lowest BCUT2D eigenvalue weighted by Gasteiger charge is -2.41. The molecule has 1 heterocycles. The molecular weight excluding hydrogens is 1090 g/mol. The van der Waals surface area contributed by atoms with E-state index in [-0.39, 0.29) is 19.4 Å². The molecule has 11 heteroatoms. The number of amides is 1. The summed E-state index contributed by atoms with van der Waals surface area (Å²) in [6, 6.07) is -1.06. The third kappa shape index (κ3) is 48.8. The maximum atomic E-state index is 13.4. The molecule has 0 aromatic heterocycles. The van der Waals surface area contributed by atoms with Crippen LogP contribution >= 0.6 is 0 Å². The summed E-state index contributed by atoms with van der Waals surface area (Å²) in [4.78, 5) is 26.6. The van der Waals surface area contributed by atoms with E-state index in [1.807, 2.05) is 12.2 Å². The van der Waals surface area contributed by atoms with Crippen LogP contribution in [0.1, 0.15) is 245 Å². The van der Waals surface area contributed by atoms with Crippen molar-refractivity contribution in [2.75, 3.05) is 13.2 Å². The van der Waals surface area contributed by atoms with Gasteiger partial charge < -0.3 is 45.1 Å². The third-order valence-electron chi connectivity index (χ3n) is 14.9. The topological polar surface area (TPSA) is 175 Å². The normalized spacial score (nSPS) is 19.3. The standard InChI is InChI=1S/C76H123NO10/c1-4-7-10-13-16-19-22-24-26-28-30-32-33-34-35-36-37-38-40-42-44-46-49-52-55-58-61-64-71(81)87-74-73(83)72(82)70(65-78)86-76(74)85-66-67(68(79)62-59-56-53-50-47-21-18-15-12-9-6-3)77-75(84)69(80)63-60-57-54-51-48-45-43-41-39-31-29-27-25-23-20-17-14-11-8-5-2/h7-8,10-11,16-17,19-20,24-27,30-32,34-35,37-39,43,45,51,54,59,62,67-70,72-74,76,78-80,82-83H,4-6,9,12-15,18,21-23,28-29,33,36,40-42,44,46-50,52-53,55-58,60-61,63-66H2,1-3H3,(H,77,84)/b10-7-,11-8-,19-16-,20-17-,26-24-,27-25-,32-30-,35-34-,38-37-,39-31-,45-43-,54-51-,62-59+. The molecule has 1 rings (SSSR count). The van der Waals surface area contributed by atoms with Gasteiger partial charge in [0.25, 0.3) is 0 Å². The van der Waals surface area contributed by atoms with Crippen LogP contribution in [0, 0.1) is 0 Å². The number of esters is 1. The molecule has 0 saturated carbocycles. The molecule has 1 fully saturated rings. The maximum absolute atomic E-state index is 13.4. The van der Waals surface area contributed by atoms with Crippen molar-refractivity contribution in [1.82, 2.24) is 5.32 Å². The van der Waals surface area contributed by atoms with E-state index in [1.165, 1.54) is 57.8 Å². The summed E-state index contributed by atoms with van der Waals surface area (Å²) in [6.45, 7) is 5.52. The van der Waals surface area contributed by atoms with Gasteiger partial charge in [-0.05, 0) is 128 Å². The fourth-order valence-electron chi connectivity index (χ4n) is 9.60. The molecule has 8 atom stereocenters. The van der Waals surface area contributed by atoms with E-state index >= 15 is 0 Å². The van der Waals surface area contributed by atoms with E-state index in [0.29, 0.717) is 19.3 Å². The van der Waals surface area contributed by atoms with Gasteiger partial charge in [-0.3, -0.25) is 9.59 Å². The second-order valence-electron chi connectivity index (χ2n) is 22.8. The number of rotatable bonds is 56. The summed E-state index contributed by atoms with van der Waals surface area (Å²) in [6.07, 6.45) is 80.0. The molecule has 0 spiro atoms. The van der Waals surface area contributed by atoms with Gasteiger partial charge in [0.1, 0.15) is 24.4 Å². The summed E-state index contributed by atoms with van der Waals surface area (Å²) in [5.74, 6) is -1.26. The average Bonchev–Trinajstić information content (AvgIpc) is 2.93. The minimum Gasteiger partial charge on any atom is -0.454 e. The smallest absolute Gasteiger partial charge is 0.306 e. The second-order valence-corrected chi connectivity index (χ2v) is 22.8. The van der Waals surface area contributed by atoms with Crippen LogP contribution in [-0.2, 0) is 23.8 Å². The largest absolute Gasteiger partial charge is 0.454 e. The van der Waals surface area contributed by atoms with Crippen LogP contribution in [0.4, 0.5) is 0 Å². The van der Waals surface area contributed by atoms with Gasteiger partial charge in [-0.25, -0.2) is 0 Å². The number of nitrogens with one attached hydrogen (secondary N) is 1. The molecule has 1 amide bonds. The van der Waals surface area contributed by atoms with Crippen LogP contribution < -0.4 is 5.32 Å². The molecule has 87 heavy (non-hydrogen) atoms. The first-order valence-electron chi connectivity index (χ1n) is 34.3. The Labute approximate surface area is 529 Å². The summed E-state index contributed by atoms with van der Waals surface area (Å²) in [7, 11) is 0. The number of aliphatic hydroxyl groups is 5. The van der Waals surface area contributed by atoms with Crippen LogP contribution in [0.25, 0.3) is 0 Å². The van der Waals surface area contributed by atoms with Crippen molar-refractivity contribution in [1.29, 1.82) is 0 Å². The lowest BCUT2D eigenvalue weighted by molar-refractivity contribution is -0.305. The molecular formula is C76H123NO10. The molecule has 492 valence electrons. The van der Waals surface area contributed by atoms with E-state index in [0.717, 1.165) is 135 Å². The Kier molecular flexibility index (Phi) is 56.8. The predicted molar refractivity (Wildman–Crippen MR) is 365 cm³/mol. The van der Waals surface area contributed by atoms with E-state index in [9.17, 15) is 35.1 Å². The van der Waals surface area contributed by atoms with Crippen molar-refractivity contribution < 1.29 is 49.3 Å². The minimum atomic E-state index is -1.64. The number of hydrogen-bond acceptors (Lipinski definition) is 10. The van der Waals surface area contributed by atoms with E-state index in [2.05, 4.69) is 166 Å². The van der Waals surface area contributed by atoms with Crippen LogP contribution in [0.2, 0.25) is 0 Å². The monoisotopic (exact) mass is 1210 g/mol. The fraction of sp³-hybridized carbons (Fsp3) is 0.632. The SMILES string of the molecule is CC/C=C\C/C=C\C/C=C\C/C=C\C/C=C\C/C=C\CCCCCCCCCCC(=O)OC1C(OCC(NC(=O)C(O)CCC/C=C\C/C=C\C/C=C\C/C=C\C/C=C\C/C=C\CC)C(O)/C=C/CCCCCCCCCCC)OC(CO)C(O)C1O. The Balaban J connectivity index is 2.62. The highest BCUT2D eigenvalue weighted by atomic mass is 16.7. The van der Waals surface area contributed by atoms with Crippen molar-refractivity contribution in [2.24, 2.45) is 0 Å². The van der Waals surface area contributed by atoms with Crippen molar-refractivity contribution in [2.45, 2.75) is 294 Å². The Morgan fingerprint density at radius 3 is 1.24 bits per heavy atom. The minimum absolute atomic E-state index is 0.0978. The van der Waals surface area contributed by atoms with Gasteiger partial charge in [-0.15, -0.1) is 0 Å². The van der Waals surface area contributed by atoms with Gasteiger partial charge in [0.05, 0.1) is 25.4 Å². The molecule has 0 aromatic rings. The molecule has 1 saturated heterocycles. The van der Waals surface area contributed by atoms with Gasteiger partial charge in [-0.2, -0.15) is 0 Å². The van der Waals surface area contributed by atoms with Gasteiger partial charge in [-0.1, -0.05) is 269 Å². The molecule has 0 aromatic carbocycles. The Hall–Kier alpha value is -4.72. The van der Waals surface area contributed by atoms with E-state index in [1.54, 1.807) is 6.08 Å². The molecule has 0 bridgehead atoms. The average molecular weight is 1210 g/mol. The number of ether oxygens (including phenoxy) is 3. The number of carbonyl (C=O) groups excluding carboxylic acids is 2. The van der Waals surface area contributed by atoms with Gasteiger partial charge in [0.2, 0.25) is 5.91 Å². The van der Waals surface area contributed by atoms with Crippen molar-refractivity contribution in [3.05, 3.63) is 158 Å². The third-order valence-corrected chi connectivity index (χ3v) is 14.9.